The standard InChI is InChI=1S/C14H16FN3O/c1-18-9-12(16)8-13(18)14(19)17-6-5-10-3-2-4-11(15)7-10/h2-4,7-9H,5-6,16H2,1H3,(H,17,19). The van der Waals surface area contributed by atoms with Crippen molar-refractivity contribution in [2.75, 3.05) is 12.3 Å². The Bertz CT molecular complexity index is 592. The summed E-state index contributed by atoms with van der Waals surface area (Å²) >= 11 is 0. The van der Waals surface area contributed by atoms with E-state index in [9.17, 15) is 9.18 Å². The van der Waals surface area contributed by atoms with Crippen molar-refractivity contribution < 1.29 is 9.18 Å². The normalized spacial score (nSPS) is 10.4. The van der Waals surface area contributed by atoms with Gasteiger partial charge in [0, 0.05) is 19.8 Å². The maximum Gasteiger partial charge on any atom is 0.267 e. The van der Waals surface area contributed by atoms with E-state index in [0.717, 1.165) is 5.56 Å². The van der Waals surface area contributed by atoms with Crippen LogP contribution in [0.5, 0.6) is 0 Å². The minimum Gasteiger partial charge on any atom is -0.397 e. The molecule has 1 aromatic heterocycles. The van der Waals surface area contributed by atoms with E-state index in [-0.39, 0.29) is 11.7 Å². The number of anilines is 1. The van der Waals surface area contributed by atoms with E-state index >= 15 is 0 Å². The number of aromatic nitrogens is 1. The van der Waals surface area contributed by atoms with E-state index in [4.69, 9.17) is 5.73 Å². The molecule has 0 unspecified atom stereocenters. The zero-order chi connectivity index (χ0) is 13.8. The first-order valence-electron chi connectivity index (χ1n) is 6.01. The van der Waals surface area contributed by atoms with Crippen molar-refractivity contribution >= 4 is 11.6 Å². The second-order valence-corrected chi connectivity index (χ2v) is 4.41. The van der Waals surface area contributed by atoms with Crippen LogP contribution in [0.25, 0.3) is 0 Å². The van der Waals surface area contributed by atoms with Crippen LogP contribution < -0.4 is 11.1 Å². The van der Waals surface area contributed by atoms with E-state index in [1.807, 2.05) is 6.07 Å². The van der Waals surface area contributed by atoms with Crippen LogP contribution in [-0.2, 0) is 13.5 Å². The molecule has 0 bridgehead atoms. The molecule has 5 heteroatoms. The summed E-state index contributed by atoms with van der Waals surface area (Å²) in [5.74, 6) is -0.449. The van der Waals surface area contributed by atoms with E-state index in [1.54, 1.807) is 29.9 Å². The number of carbonyl (C=O) groups is 1. The first-order valence-corrected chi connectivity index (χ1v) is 6.01. The zero-order valence-electron chi connectivity index (χ0n) is 10.7. The molecule has 1 amide bonds. The van der Waals surface area contributed by atoms with Crippen molar-refractivity contribution in [3.63, 3.8) is 0 Å². The molecule has 0 fully saturated rings. The number of nitrogens with two attached hydrogens (primary N) is 1. The number of hydrogen-bond donors (Lipinski definition) is 2. The number of carbonyl (C=O) groups excluding carboxylic acids is 1. The Kier molecular flexibility index (Phi) is 3.85. The van der Waals surface area contributed by atoms with Gasteiger partial charge in [-0.05, 0) is 30.2 Å². The summed E-state index contributed by atoms with van der Waals surface area (Å²) in [4.78, 5) is 11.9. The Hall–Kier alpha value is -2.30. The van der Waals surface area contributed by atoms with Crippen molar-refractivity contribution in [3.8, 4) is 0 Å². The molecule has 0 aliphatic carbocycles. The fourth-order valence-corrected chi connectivity index (χ4v) is 1.92. The molecule has 0 aliphatic heterocycles. The lowest BCUT2D eigenvalue weighted by molar-refractivity contribution is 0.0946. The molecule has 1 heterocycles. The monoisotopic (exact) mass is 261 g/mol. The third kappa shape index (κ3) is 3.34. The number of halogens is 1. The Morgan fingerprint density at radius 2 is 2.21 bits per heavy atom. The van der Waals surface area contributed by atoms with E-state index in [2.05, 4.69) is 5.32 Å². The molecule has 19 heavy (non-hydrogen) atoms. The van der Waals surface area contributed by atoms with Crippen molar-refractivity contribution in [1.29, 1.82) is 0 Å². The first-order chi connectivity index (χ1) is 9.06. The van der Waals surface area contributed by atoms with Gasteiger partial charge in [0.2, 0.25) is 0 Å². The van der Waals surface area contributed by atoms with Crippen molar-refractivity contribution in [2.24, 2.45) is 7.05 Å². The van der Waals surface area contributed by atoms with Crippen molar-refractivity contribution in [3.05, 3.63) is 53.6 Å². The lowest BCUT2D eigenvalue weighted by atomic mass is 10.1. The highest BCUT2D eigenvalue weighted by Crippen LogP contribution is 2.08. The average Bonchev–Trinajstić information content (AvgIpc) is 2.68. The smallest absolute Gasteiger partial charge is 0.267 e. The second-order valence-electron chi connectivity index (χ2n) is 4.41. The van der Waals surface area contributed by atoms with Gasteiger partial charge in [0.05, 0.1) is 5.69 Å². The lowest BCUT2D eigenvalue weighted by Crippen LogP contribution is -2.27. The van der Waals surface area contributed by atoms with Crippen LogP contribution in [0.4, 0.5) is 10.1 Å². The van der Waals surface area contributed by atoms with Crippen molar-refractivity contribution in [2.45, 2.75) is 6.42 Å². The number of hydrogen-bond acceptors (Lipinski definition) is 2. The van der Waals surface area contributed by atoms with Gasteiger partial charge in [-0.15, -0.1) is 0 Å². The molecule has 4 nitrogen and oxygen atoms in total. The number of amides is 1. The minimum atomic E-state index is -0.265. The highest BCUT2D eigenvalue weighted by Gasteiger charge is 2.09. The predicted molar refractivity (Wildman–Crippen MR) is 72.3 cm³/mol. The quantitative estimate of drug-likeness (QED) is 0.880. The molecule has 100 valence electrons. The summed E-state index contributed by atoms with van der Waals surface area (Å²) in [6, 6.07) is 7.97. The number of nitrogen functional groups attached to an aromatic ring is 1. The molecule has 0 atom stereocenters. The summed E-state index contributed by atoms with van der Waals surface area (Å²) < 4.78 is 14.6. The largest absolute Gasteiger partial charge is 0.397 e. The van der Waals surface area contributed by atoms with Gasteiger partial charge in [-0.2, -0.15) is 0 Å². The first kappa shape index (κ1) is 13.1. The minimum absolute atomic E-state index is 0.185. The summed E-state index contributed by atoms with van der Waals surface area (Å²) in [5, 5.41) is 2.78. The van der Waals surface area contributed by atoms with Crippen LogP contribution in [0.3, 0.4) is 0 Å². The van der Waals surface area contributed by atoms with Gasteiger partial charge in [-0.3, -0.25) is 4.79 Å². The lowest BCUT2D eigenvalue weighted by Gasteiger charge is -2.06. The highest BCUT2D eigenvalue weighted by molar-refractivity contribution is 5.93. The summed E-state index contributed by atoms with van der Waals surface area (Å²) in [7, 11) is 1.76. The number of nitrogens with zero attached hydrogens (tertiary/aromatic N) is 1. The van der Waals surface area contributed by atoms with Crippen LogP contribution in [0.1, 0.15) is 16.1 Å². The Balaban J connectivity index is 1.89. The number of rotatable bonds is 4. The molecule has 3 N–H and O–H groups in total. The van der Waals surface area contributed by atoms with Crippen molar-refractivity contribution in [1.82, 2.24) is 9.88 Å². The molecule has 0 saturated carbocycles. The van der Waals surface area contributed by atoms with Gasteiger partial charge in [-0.1, -0.05) is 12.1 Å². The number of benzene rings is 1. The third-order valence-corrected chi connectivity index (χ3v) is 2.85. The third-order valence-electron chi connectivity index (χ3n) is 2.85. The van der Waals surface area contributed by atoms with E-state index < -0.39 is 0 Å². The van der Waals surface area contributed by atoms with Crippen LogP contribution >= 0.6 is 0 Å². The summed E-state index contributed by atoms with van der Waals surface area (Å²) in [6.45, 7) is 0.452. The fraction of sp³-hybridized carbons (Fsp3) is 0.214. The predicted octanol–water partition coefficient (Wildman–Crippen LogP) is 1.72. The molecule has 0 spiro atoms. The topological polar surface area (TPSA) is 60.0 Å². The molecular formula is C14H16FN3O. The van der Waals surface area contributed by atoms with E-state index in [0.29, 0.717) is 24.3 Å². The van der Waals surface area contributed by atoms with Gasteiger partial charge in [0.15, 0.2) is 0 Å². The zero-order valence-corrected chi connectivity index (χ0v) is 10.7. The maximum atomic E-state index is 13.0. The molecule has 0 saturated heterocycles. The molecular weight excluding hydrogens is 245 g/mol. The SMILES string of the molecule is Cn1cc(N)cc1C(=O)NCCc1cccc(F)c1. The van der Waals surface area contributed by atoms with Gasteiger partial charge in [0.25, 0.3) is 5.91 Å². The molecule has 2 aromatic rings. The number of nitrogens with one attached hydrogen (secondary N) is 1. The fourth-order valence-electron chi connectivity index (χ4n) is 1.92. The Labute approximate surface area is 111 Å². The van der Waals surface area contributed by atoms with Crippen LogP contribution in [0.2, 0.25) is 0 Å². The molecule has 0 radical (unpaired) electrons. The van der Waals surface area contributed by atoms with E-state index in [1.165, 1.54) is 12.1 Å². The van der Waals surface area contributed by atoms with Gasteiger partial charge >= 0.3 is 0 Å². The highest BCUT2D eigenvalue weighted by atomic mass is 19.1. The number of aryl methyl sites for hydroxylation is 1. The van der Waals surface area contributed by atoms with Crippen LogP contribution in [0, 0.1) is 5.82 Å². The summed E-state index contributed by atoms with van der Waals surface area (Å²) in [6.07, 6.45) is 2.27. The van der Waals surface area contributed by atoms with Gasteiger partial charge < -0.3 is 15.6 Å². The van der Waals surface area contributed by atoms with Crippen LogP contribution in [-0.4, -0.2) is 17.0 Å². The average molecular weight is 261 g/mol. The Morgan fingerprint density at radius 3 is 2.84 bits per heavy atom. The molecule has 1 aromatic carbocycles. The maximum absolute atomic E-state index is 13.0. The molecule has 2 rings (SSSR count). The van der Waals surface area contributed by atoms with Gasteiger partial charge in [0.1, 0.15) is 11.5 Å². The van der Waals surface area contributed by atoms with Crippen LogP contribution in [0.15, 0.2) is 36.5 Å². The second kappa shape index (κ2) is 5.56. The van der Waals surface area contributed by atoms with Gasteiger partial charge in [-0.25, -0.2) is 4.39 Å². The summed E-state index contributed by atoms with van der Waals surface area (Å²) in [5.41, 5.74) is 7.53. The molecule has 0 aliphatic rings. The Morgan fingerprint density at radius 1 is 1.42 bits per heavy atom.